The number of amidine groups is 1. The highest BCUT2D eigenvalue weighted by molar-refractivity contribution is 5.97. The van der Waals surface area contributed by atoms with Crippen LogP contribution in [-0.2, 0) is 6.54 Å². The minimum atomic E-state index is 0.155. The Kier molecular flexibility index (Phi) is 8.47. The molecule has 0 fully saturated rings. The standard InChI is InChI=1S/C16H27N3O/c1-2-3-4-5-6-7-11-18-13-14-9-8-10-15(12-14)16(17)19-20/h8-10,12,18,20H,2-7,11,13H2,1H3,(H2,17,19). The molecule has 4 heteroatoms. The number of benzene rings is 1. The van der Waals surface area contributed by atoms with Gasteiger partial charge in [0.1, 0.15) is 0 Å². The second-order valence-electron chi connectivity index (χ2n) is 5.13. The van der Waals surface area contributed by atoms with E-state index in [0.29, 0.717) is 0 Å². The maximum atomic E-state index is 8.66. The molecule has 0 unspecified atom stereocenters. The maximum Gasteiger partial charge on any atom is 0.170 e. The van der Waals surface area contributed by atoms with E-state index in [1.807, 2.05) is 24.3 Å². The largest absolute Gasteiger partial charge is 0.409 e. The van der Waals surface area contributed by atoms with Gasteiger partial charge in [-0.25, -0.2) is 0 Å². The van der Waals surface area contributed by atoms with Crippen LogP contribution < -0.4 is 11.1 Å². The van der Waals surface area contributed by atoms with Crippen molar-refractivity contribution < 1.29 is 5.21 Å². The molecule has 0 saturated heterocycles. The molecule has 20 heavy (non-hydrogen) atoms. The van der Waals surface area contributed by atoms with Gasteiger partial charge in [-0.3, -0.25) is 0 Å². The van der Waals surface area contributed by atoms with Crippen LogP contribution in [0.25, 0.3) is 0 Å². The van der Waals surface area contributed by atoms with Crippen molar-refractivity contribution in [3.63, 3.8) is 0 Å². The van der Waals surface area contributed by atoms with Crippen molar-refractivity contribution in [2.45, 2.75) is 52.0 Å². The van der Waals surface area contributed by atoms with Crippen molar-refractivity contribution in [2.75, 3.05) is 6.54 Å². The number of unbranched alkanes of at least 4 members (excludes halogenated alkanes) is 5. The first-order valence-corrected chi connectivity index (χ1v) is 7.55. The first-order valence-electron chi connectivity index (χ1n) is 7.55. The third-order valence-corrected chi connectivity index (χ3v) is 3.37. The molecule has 1 aromatic rings. The minimum absolute atomic E-state index is 0.155. The van der Waals surface area contributed by atoms with E-state index >= 15 is 0 Å². The molecule has 112 valence electrons. The number of oxime groups is 1. The first-order chi connectivity index (χ1) is 9.77. The molecule has 0 spiro atoms. The lowest BCUT2D eigenvalue weighted by atomic mass is 10.1. The molecule has 0 heterocycles. The quantitative estimate of drug-likeness (QED) is 0.202. The Morgan fingerprint density at radius 1 is 1.20 bits per heavy atom. The van der Waals surface area contributed by atoms with Crippen LogP contribution in [0.1, 0.15) is 56.6 Å². The molecular weight excluding hydrogens is 250 g/mol. The summed E-state index contributed by atoms with van der Waals surface area (Å²) >= 11 is 0. The molecule has 0 atom stereocenters. The molecule has 4 nitrogen and oxygen atoms in total. The number of hydrogen-bond acceptors (Lipinski definition) is 3. The van der Waals surface area contributed by atoms with Gasteiger partial charge in [0, 0.05) is 12.1 Å². The van der Waals surface area contributed by atoms with Crippen LogP contribution in [0.5, 0.6) is 0 Å². The van der Waals surface area contributed by atoms with Gasteiger partial charge in [-0.05, 0) is 24.6 Å². The lowest BCUT2D eigenvalue weighted by Crippen LogP contribution is -2.16. The molecule has 4 N–H and O–H groups in total. The normalized spacial score (nSPS) is 11.8. The van der Waals surface area contributed by atoms with E-state index in [2.05, 4.69) is 17.4 Å². The second-order valence-corrected chi connectivity index (χ2v) is 5.13. The molecule has 0 amide bonds. The van der Waals surface area contributed by atoms with E-state index < -0.39 is 0 Å². The summed E-state index contributed by atoms with van der Waals surface area (Å²) in [6.45, 7) is 4.10. The van der Waals surface area contributed by atoms with Crippen LogP contribution in [0.15, 0.2) is 29.4 Å². The van der Waals surface area contributed by atoms with Crippen molar-refractivity contribution in [1.82, 2.24) is 5.32 Å². The molecule has 1 rings (SSSR count). The van der Waals surface area contributed by atoms with E-state index in [1.54, 1.807) is 0 Å². The molecule has 0 bridgehead atoms. The molecule has 0 radical (unpaired) electrons. The van der Waals surface area contributed by atoms with E-state index in [-0.39, 0.29) is 5.84 Å². The summed E-state index contributed by atoms with van der Waals surface area (Å²) in [6, 6.07) is 7.76. The van der Waals surface area contributed by atoms with Gasteiger partial charge >= 0.3 is 0 Å². The third-order valence-electron chi connectivity index (χ3n) is 3.37. The Bertz CT molecular complexity index is 404. The SMILES string of the molecule is CCCCCCCCNCc1cccc(/C(N)=N/O)c1. The number of nitrogens with two attached hydrogens (primary N) is 1. The molecular formula is C16H27N3O. The van der Waals surface area contributed by atoms with Crippen molar-refractivity contribution in [3.8, 4) is 0 Å². The lowest BCUT2D eigenvalue weighted by Gasteiger charge is -2.06. The molecule has 0 saturated carbocycles. The smallest absolute Gasteiger partial charge is 0.170 e. The zero-order chi connectivity index (χ0) is 14.6. The summed E-state index contributed by atoms with van der Waals surface area (Å²) in [6.07, 6.45) is 7.89. The van der Waals surface area contributed by atoms with Gasteiger partial charge in [0.2, 0.25) is 0 Å². The Balaban J connectivity index is 2.19. The molecule has 0 aliphatic heterocycles. The monoisotopic (exact) mass is 277 g/mol. The predicted octanol–water partition coefficient (Wildman–Crippen LogP) is 3.23. The molecule has 0 aliphatic carbocycles. The Morgan fingerprint density at radius 3 is 2.70 bits per heavy atom. The molecule has 0 aromatic heterocycles. The van der Waals surface area contributed by atoms with Crippen LogP contribution in [0.2, 0.25) is 0 Å². The van der Waals surface area contributed by atoms with Crippen molar-refractivity contribution >= 4 is 5.84 Å². The minimum Gasteiger partial charge on any atom is -0.409 e. The fraction of sp³-hybridized carbons (Fsp3) is 0.562. The summed E-state index contributed by atoms with van der Waals surface area (Å²) in [5.74, 6) is 0.155. The van der Waals surface area contributed by atoms with Gasteiger partial charge in [-0.1, -0.05) is 62.4 Å². The lowest BCUT2D eigenvalue weighted by molar-refractivity contribution is 0.318. The van der Waals surface area contributed by atoms with E-state index in [4.69, 9.17) is 10.9 Å². The fourth-order valence-electron chi connectivity index (χ4n) is 2.16. The van der Waals surface area contributed by atoms with Crippen LogP contribution in [0.3, 0.4) is 0 Å². The fourth-order valence-corrected chi connectivity index (χ4v) is 2.16. The van der Waals surface area contributed by atoms with Crippen LogP contribution >= 0.6 is 0 Å². The van der Waals surface area contributed by atoms with E-state index in [0.717, 1.165) is 24.2 Å². The van der Waals surface area contributed by atoms with Crippen LogP contribution in [-0.4, -0.2) is 17.6 Å². The Morgan fingerprint density at radius 2 is 1.95 bits per heavy atom. The molecule has 1 aromatic carbocycles. The highest BCUT2D eigenvalue weighted by Gasteiger charge is 2.00. The average molecular weight is 277 g/mol. The van der Waals surface area contributed by atoms with Gasteiger partial charge in [0.15, 0.2) is 5.84 Å². The van der Waals surface area contributed by atoms with Gasteiger partial charge in [0.05, 0.1) is 0 Å². The topological polar surface area (TPSA) is 70.6 Å². The zero-order valence-corrected chi connectivity index (χ0v) is 12.4. The summed E-state index contributed by atoms with van der Waals surface area (Å²) in [7, 11) is 0. The first kappa shape index (κ1) is 16.5. The number of hydrogen-bond donors (Lipinski definition) is 3. The Labute approximate surface area is 122 Å². The van der Waals surface area contributed by atoms with Crippen LogP contribution in [0.4, 0.5) is 0 Å². The maximum absolute atomic E-state index is 8.66. The van der Waals surface area contributed by atoms with Crippen molar-refractivity contribution in [2.24, 2.45) is 10.9 Å². The highest BCUT2D eigenvalue weighted by Crippen LogP contribution is 2.06. The average Bonchev–Trinajstić information content (AvgIpc) is 2.49. The number of rotatable bonds is 10. The van der Waals surface area contributed by atoms with Gasteiger partial charge in [0.25, 0.3) is 0 Å². The highest BCUT2D eigenvalue weighted by atomic mass is 16.4. The summed E-state index contributed by atoms with van der Waals surface area (Å²) in [4.78, 5) is 0. The second kappa shape index (κ2) is 10.3. The van der Waals surface area contributed by atoms with Crippen LogP contribution in [0, 0.1) is 0 Å². The molecule has 0 aliphatic rings. The number of nitrogens with zero attached hydrogens (tertiary/aromatic N) is 1. The van der Waals surface area contributed by atoms with Gasteiger partial charge in [-0.2, -0.15) is 0 Å². The summed E-state index contributed by atoms with van der Waals surface area (Å²) in [5, 5.41) is 15.1. The number of nitrogens with one attached hydrogen (secondary N) is 1. The zero-order valence-electron chi connectivity index (χ0n) is 12.4. The van der Waals surface area contributed by atoms with Gasteiger partial charge < -0.3 is 16.3 Å². The van der Waals surface area contributed by atoms with Crippen molar-refractivity contribution in [1.29, 1.82) is 0 Å². The van der Waals surface area contributed by atoms with Gasteiger partial charge in [-0.15, -0.1) is 0 Å². The van der Waals surface area contributed by atoms with E-state index in [9.17, 15) is 0 Å². The van der Waals surface area contributed by atoms with E-state index in [1.165, 1.54) is 38.5 Å². The third kappa shape index (κ3) is 6.57. The summed E-state index contributed by atoms with van der Waals surface area (Å²) < 4.78 is 0. The van der Waals surface area contributed by atoms with Crippen molar-refractivity contribution in [3.05, 3.63) is 35.4 Å². The Hall–Kier alpha value is -1.55. The summed E-state index contributed by atoms with van der Waals surface area (Å²) in [5.41, 5.74) is 7.49. The predicted molar refractivity (Wildman–Crippen MR) is 84.0 cm³/mol.